The second kappa shape index (κ2) is 12.6. The van der Waals surface area contributed by atoms with Crippen LogP contribution in [-0.2, 0) is 33.7 Å². The minimum atomic E-state index is -0.941. The highest BCUT2D eigenvalue weighted by molar-refractivity contribution is 5.86. The zero-order valence-electron chi connectivity index (χ0n) is 27.4. The fourth-order valence-corrected chi connectivity index (χ4v) is 7.55. The fraction of sp³-hybridized carbons (Fsp3) is 0.595. The van der Waals surface area contributed by atoms with Gasteiger partial charge < -0.3 is 19.1 Å². The Morgan fingerprint density at radius 2 is 1.77 bits per heavy atom. The SMILES string of the molecule is C=C(C1CCCCC1)N1CCc2c(C)c([C@H](OC(C)(C)C)C(=O)OCC)c(-c3cc(F)c4c(c3C)CCCO4)c(C)c2C1. The molecule has 5 rings (SSSR count). The van der Waals surface area contributed by atoms with Gasteiger partial charge in [-0.1, -0.05) is 25.8 Å². The third kappa shape index (κ3) is 6.22. The number of esters is 1. The topological polar surface area (TPSA) is 48.0 Å². The highest BCUT2D eigenvalue weighted by Crippen LogP contribution is 2.47. The van der Waals surface area contributed by atoms with Gasteiger partial charge >= 0.3 is 5.97 Å². The van der Waals surface area contributed by atoms with Crippen molar-refractivity contribution in [3.05, 3.63) is 63.1 Å². The standard InChI is InChI=1S/C37H50FNO4/c1-9-41-36(40)35(43-37(6,7)8)33-23(3)27-17-18-39(25(5)26-14-11-10-12-15-26)21-30(27)24(4)32(33)29-20-31(38)34-28(22(29)2)16-13-19-42-34/h20,26,35H,5,9-19,21H2,1-4,6-8H3/t35-/m0/s1. The van der Waals surface area contributed by atoms with E-state index in [9.17, 15) is 4.79 Å². The molecule has 0 amide bonds. The summed E-state index contributed by atoms with van der Waals surface area (Å²) in [5.74, 6) is 0.140. The van der Waals surface area contributed by atoms with Gasteiger partial charge in [0.15, 0.2) is 17.7 Å². The molecule has 0 spiro atoms. The Kier molecular flexibility index (Phi) is 9.27. The fourth-order valence-electron chi connectivity index (χ4n) is 7.55. The molecule has 5 nitrogen and oxygen atoms in total. The molecule has 0 bridgehead atoms. The van der Waals surface area contributed by atoms with E-state index in [4.69, 9.17) is 14.2 Å². The van der Waals surface area contributed by atoms with E-state index in [1.54, 1.807) is 6.07 Å². The Morgan fingerprint density at radius 3 is 2.44 bits per heavy atom. The third-order valence-electron chi connectivity index (χ3n) is 9.72. The molecule has 234 valence electrons. The summed E-state index contributed by atoms with van der Waals surface area (Å²) >= 11 is 0. The first-order valence-electron chi connectivity index (χ1n) is 16.3. The van der Waals surface area contributed by atoms with E-state index >= 15 is 4.39 Å². The lowest BCUT2D eigenvalue weighted by Gasteiger charge is -2.40. The van der Waals surface area contributed by atoms with Crippen molar-refractivity contribution < 1.29 is 23.4 Å². The molecule has 0 aromatic heterocycles. The molecule has 2 heterocycles. The Hall–Kier alpha value is -2.86. The van der Waals surface area contributed by atoms with E-state index in [1.165, 1.54) is 48.9 Å². The number of rotatable bonds is 7. The van der Waals surface area contributed by atoms with Crippen LogP contribution in [0.5, 0.6) is 5.75 Å². The number of hydrogen-bond donors (Lipinski definition) is 0. The van der Waals surface area contributed by atoms with Crippen LogP contribution >= 0.6 is 0 Å². The highest BCUT2D eigenvalue weighted by atomic mass is 19.1. The van der Waals surface area contributed by atoms with Crippen LogP contribution in [-0.4, -0.2) is 36.2 Å². The second-order valence-electron chi connectivity index (χ2n) is 13.6. The van der Waals surface area contributed by atoms with Gasteiger partial charge in [0, 0.05) is 29.9 Å². The molecular weight excluding hydrogens is 541 g/mol. The lowest BCUT2D eigenvalue weighted by Crippen LogP contribution is -2.35. The first kappa shape index (κ1) is 31.6. The van der Waals surface area contributed by atoms with Crippen molar-refractivity contribution in [2.24, 2.45) is 5.92 Å². The maximum absolute atomic E-state index is 15.8. The average molecular weight is 592 g/mol. The summed E-state index contributed by atoms with van der Waals surface area (Å²) in [5.41, 5.74) is 9.66. The van der Waals surface area contributed by atoms with Crippen LogP contribution in [0.4, 0.5) is 4.39 Å². The summed E-state index contributed by atoms with van der Waals surface area (Å²) in [7, 11) is 0. The molecule has 1 fully saturated rings. The molecule has 0 radical (unpaired) electrons. The first-order valence-corrected chi connectivity index (χ1v) is 16.3. The van der Waals surface area contributed by atoms with E-state index in [2.05, 4.69) is 32.3 Å². The number of halogens is 1. The number of benzene rings is 2. The number of hydrogen-bond acceptors (Lipinski definition) is 5. The van der Waals surface area contributed by atoms with Crippen LogP contribution in [0.2, 0.25) is 0 Å². The Balaban J connectivity index is 1.73. The number of fused-ring (bicyclic) bond motifs is 2. The normalized spacial score (nSPS) is 18.0. The van der Waals surface area contributed by atoms with Gasteiger partial charge in [0.1, 0.15) is 0 Å². The van der Waals surface area contributed by atoms with Crippen molar-refractivity contribution in [3.63, 3.8) is 0 Å². The van der Waals surface area contributed by atoms with Crippen molar-refractivity contribution in [1.82, 2.24) is 4.90 Å². The minimum Gasteiger partial charge on any atom is -0.490 e. The summed E-state index contributed by atoms with van der Waals surface area (Å²) in [4.78, 5) is 16.1. The second-order valence-corrected chi connectivity index (χ2v) is 13.6. The van der Waals surface area contributed by atoms with Gasteiger partial charge in [0.05, 0.1) is 18.8 Å². The maximum atomic E-state index is 15.8. The van der Waals surface area contributed by atoms with Gasteiger partial charge in [0.25, 0.3) is 0 Å². The lowest BCUT2D eigenvalue weighted by molar-refractivity contribution is -0.166. The van der Waals surface area contributed by atoms with Crippen molar-refractivity contribution in [2.75, 3.05) is 19.8 Å². The van der Waals surface area contributed by atoms with E-state index in [0.717, 1.165) is 71.3 Å². The van der Waals surface area contributed by atoms with E-state index in [1.807, 2.05) is 27.7 Å². The van der Waals surface area contributed by atoms with Crippen molar-refractivity contribution >= 4 is 5.97 Å². The number of nitrogens with zero attached hydrogens (tertiary/aromatic N) is 1. The first-order chi connectivity index (χ1) is 20.4. The van der Waals surface area contributed by atoms with Crippen LogP contribution in [0.1, 0.15) is 111 Å². The molecule has 1 saturated carbocycles. The average Bonchev–Trinajstić information content (AvgIpc) is 2.99. The summed E-state index contributed by atoms with van der Waals surface area (Å²) in [5, 5.41) is 0. The molecule has 1 atom stereocenters. The predicted octanol–water partition coefficient (Wildman–Crippen LogP) is 8.61. The number of carbonyl (C=O) groups is 1. The molecule has 2 aromatic rings. The quantitative estimate of drug-likeness (QED) is 0.302. The van der Waals surface area contributed by atoms with Crippen LogP contribution in [0.25, 0.3) is 11.1 Å². The van der Waals surface area contributed by atoms with E-state index in [-0.39, 0.29) is 12.4 Å². The summed E-state index contributed by atoms with van der Waals surface area (Å²) in [6.07, 6.45) is 7.82. The van der Waals surface area contributed by atoms with Gasteiger partial charge in [-0.25, -0.2) is 9.18 Å². The predicted molar refractivity (Wildman–Crippen MR) is 170 cm³/mol. The Labute approximate surface area is 257 Å². The molecular formula is C37H50FNO4. The largest absolute Gasteiger partial charge is 0.490 e. The Morgan fingerprint density at radius 1 is 1.05 bits per heavy atom. The molecule has 3 aliphatic rings. The van der Waals surface area contributed by atoms with Gasteiger partial charge in [-0.2, -0.15) is 0 Å². The summed E-state index contributed by atoms with van der Waals surface area (Å²) in [6.45, 7) is 21.0. The summed E-state index contributed by atoms with van der Waals surface area (Å²) < 4.78 is 33.7. The minimum absolute atomic E-state index is 0.253. The summed E-state index contributed by atoms with van der Waals surface area (Å²) in [6, 6.07) is 1.61. The van der Waals surface area contributed by atoms with Gasteiger partial charge in [-0.3, -0.25) is 0 Å². The molecule has 0 N–H and O–H groups in total. The van der Waals surface area contributed by atoms with Crippen LogP contribution < -0.4 is 4.74 Å². The zero-order valence-corrected chi connectivity index (χ0v) is 27.4. The van der Waals surface area contributed by atoms with Gasteiger partial charge in [-0.15, -0.1) is 0 Å². The zero-order chi connectivity index (χ0) is 31.1. The number of carbonyl (C=O) groups excluding carboxylic acids is 1. The van der Waals surface area contributed by atoms with E-state index < -0.39 is 17.7 Å². The maximum Gasteiger partial charge on any atom is 0.339 e. The number of ether oxygens (including phenoxy) is 3. The smallest absolute Gasteiger partial charge is 0.339 e. The number of allylic oxidation sites excluding steroid dienone is 1. The van der Waals surface area contributed by atoms with Crippen molar-refractivity contribution in [3.8, 4) is 16.9 Å². The molecule has 6 heteroatoms. The monoisotopic (exact) mass is 591 g/mol. The molecule has 0 unspecified atom stereocenters. The van der Waals surface area contributed by atoms with Crippen LogP contribution in [0.15, 0.2) is 18.3 Å². The lowest BCUT2D eigenvalue weighted by atomic mass is 9.78. The Bertz CT molecular complexity index is 1400. The van der Waals surface area contributed by atoms with Crippen molar-refractivity contribution in [2.45, 2.75) is 118 Å². The molecule has 2 aliphatic heterocycles. The van der Waals surface area contributed by atoms with Gasteiger partial charge in [-0.05, 0) is 131 Å². The molecule has 2 aromatic carbocycles. The van der Waals surface area contributed by atoms with Crippen molar-refractivity contribution in [1.29, 1.82) is 0 Å². The molecule has 43 heavy (non-hydrogen) atoms. The third-order valence-corrected chi connectivity index (χ3v) is 9.72. The van der Waals surface area contributed by atoms with Gasteiger partial charge in [0.2, 0.25) is 0 Å². The molecule has 0 saturated heterocycles. The van der Waals surface area contributed by atoms with Crippen LogP contribution in [0.3, 0.4) is 0 Å². The highest BCUT2D eigenvalue weighted by Gasteiger charge is 2.37. The molecule has 1 aliphatic carbocycles. The van der Waals surface area contributed by atoms with E-state index in [0.29, 0.717) is 18.3 Å². The van der Waals surface area contributed by atoms with Crippen LogP contribution in [0, 0.1) is 32.5 Å².